The van der Waals surface area contributed by atoms with Crippen molar-refractivity contribution in [2.24, 2.45) is 0 Å². The molecule has 0 aliphatic carbocycles. The minimum atomic E-state index is -3.61. The average Bonchev–Trinajstić information content (AvgIpc) is 3.30. The van der Waals surface area contributed by atoms with Crippen LogP contribution in [0.1, 0.15) is 0 Å². The molecule has 4 rings (SSSR count). The van der Waals surface area contributed by atoms with Gasteiger partial charge in [-0.25, -0.2) is 18.4 Å². The van der Waals surface area contributed by atoms with Crippen molar-refractivity contribution in [3.63, 3.8) is 0 Å². The summed E-state index contributed by atoms with van der Waals surface area (Å²) in [4.78, 5) is 12.7. The highest BCUT2D eigenvalue weighted by Gasteiger charge is 2.36. The summed E-state index contributed by atoms with van der Waals surface area (Å²) in [5, 5.41) is 0. The molecule has 1 aliphatic rings. The van der Waals surface area contributed by atoms with Crippen LogP contribution >= 0.6 is 11.8 Å². The molecule has 0 bridgehead atoms. The number of hydrogen-bond acceptors (Lipinski definition) is 8. The lowest BCUT2D eigenvalue weighted by molar-refractivity contribution is 0.365. The van der Waals surface area contributed by atoms with Gasteiger partial charge >= 0.3 is 0 Å². The smallest absolute Gasteiger partial charge is 0.244 e. The predicted molar refractivity (Wildman–Crippen MR) is 103 cm³/mol. The monoisotopic (exact) mass is 406 g/mol. The van der Waals surface area contributed by atoms with Gasteiger partial charge in [-0.3, -0.25) is 0 Å². The molecule has 142 valence electrons. The molecule has 3 aromatic rings. The van der Waals surface area contributed by atoms with E-state index in [-0.39, 0.29) is 16.9 Å². The summed E-state index contributed by atoms with van der Waals surface area (Å²) >= 11 is 1.58. The van der Waals surface area contributed by atoms with Crippen LogP contribution in [0.5, 0.6) is 5.75 Å². The third kappa shape index (κ3) is 3.33. The van der Waals surface area contributed by atoms with E-state index in [2.05, 4.69) is 15.0 Å². The third-order valence-corrected chi connectivity index (χ3v) is 7.54. The number of methoxy groups -OCH3 is 1. The lowest BCUT2D eigenvalue weighted by Gasteiger charge is -2.23. The quantitative estimate of drug-likeness (QED) is 0.671. The fourth-order valence-corrected chi connectivity index (χ4v) is 6.20. The zero-order valence-electron chi connectivity index (χ0n) is 14.5. The molecule has 1 aromatic carbocycles. The average molecular weight is 406 g/mol. The second-order valence-corrected chi connectivity index (χ2v) is 8.95. The number of ether oxygens (including phenoxy) is 1. The molecule has 0 amide bonds. The number of nitrogens with zero attached hydrogens (tertiary/aromatic N) is 5. The van der Waals surface area contributed by atoms with E-state index in [1.54, 1.807) is 55.7 Å². The molecule has 1 atom stereocenters. The third-order valence-electron chi connectivity index (χ3n) is 4.39. The van der Waals surface area contributed by atoms with Gasteiger partial charge < -0.3 is 15.0 Å². The normalized spacial score (nSPS) is 18.2. The molecule has 27 heavy (non-hydrogen) atoms. The Morgan fingerprint density at radius 1 is 1.30 bits per heavy atom. The van der Waals surface area contributed by atoms with E-state index in [0.717, 1.165) is 0 Å². The van der Waals surface area contributed by atoms with Crippen molar-refractivity contribution in [3.8, 4) is 5.75 Å². The summed E-state index contributed by atoms with van der Waals surface area (Å²) < 4.78 is 34.6. The number of hydrogen-bond donors (Lipinski definition) is 1. The van der Waals surface area contributed by atoms with E-state index in [1.165, 1.54) is 4.31 Å². The van der Waals surface area contributed by atoms with Gasteiger partial charge in [-0.05, 0) is 24.3 Å². The second kappa shape index (κ2) is 6.98. The van der Waals surface area contributed by atoms with E-state index in [0.29, 0.717) is 35.1 Å². The molecule has 0 spiro atoms. The van der Waals surface area contributed by atoms with Crippen molar-refractivity contribution in [2.75, 3.05) is 24.5 Å². The highest BCUT2D eigenvalue weighted by Crippen LogP contribution is 2.30. The molecule has 2 aromatic heterocycles. The van der Waals surface area contributed by atoms with Crippen LogP contribution in [-0.4, -0.2) is 57.0 Å². The van der Waals surface area contributed by atoms with Gasteiger partial charge in [0.15, 0.2) is 5.65 Å². The Hall–Kier alpha value is -2.37. The maximum atomic E-state index is 13.1. The molecular formula is C16H18N6O3S2. The maximum Gasteiger partial charge on any atom is 0.244 e. The first-order valence-electron chi connectivity index (χ1n) is 8.16. The molecule has 0 saturated carbocycles. The first kappa shape index (κ1) is 18.0. The number of thioether (sulfide) groups is 1. The lowest BCUT2D eigenvalue weighted by Crippen LogP contribution is -2.39. The molecule has 3 heterocycles. The van der Waals surface area contributed by atoms with Gasteiger partial charge in [0.1, 0.15) is 11.3 Å². The highest BCUT2D eigenvalue weighted by molar-refractivity contribution is 8.00. The largest absolute Gasteiger partial charge is 0.497 e. The summed E-state index contributed by atoms with van der Waals surface area (Å²) in [7, 11) is -2.07. The molecule has 1 saturated heterocycles. The van der Waals surface area contributed by atoms with Crippen molar-refractivity contribution in [3.05, 3.63) is 36.8 Å². The van der Waals surface area contributed by atoms with Crippen LogP contribution in [0.2, 0.25) is 0 Å². The Labute approximate surface area is 160 Å². The molecule has 2 N–H and O–H groups in total. The summed E-state index contributed by atoms with van der Waals surface area (Å²) in [5.41, 5.74) is 6.90. The number of fused-ring (bicyclic) bond motifs is 1. The molecule has 1 unspecified atom stereocenters. The van der Waals surface area contributed by atoms with Crippen LogP contribution in [0.4, 0.5) is 5.95 Å². The first-order chi connectivity index (χ1) is 13.0. The van der Waals surface area contributed by atoms with Gasteiger partial charge in [0.05, 0.1) is 36.4 Å². The molecular weight excluding hydrogens is 388 g/mol. The number of nitrogens with two attached hydrogens (primary N) is 1. The van der Waals surface area contributed by atoms with Crippen molar-refractivity contribution >= 4 is 38.9 Å². The van der Waals surface area contributed by atoms with Gasteiger partial charge in [0, 0.05) is 12.3 Å². The van der Waals surface area contributed by atoms with E-state index in [1.807, 2.05) is 4.57 Å². The van der Waals surface area contributed by atoms with Crippen LogP contribution in [0.3, 0.4) is 0 Å². The van der Waals surface area contributed by atoms with Crippen LogP contribution in [0, 0.1) is 0 Å². The number of sulfonamides is 1. The Bertz CT molecular complexity index is 1070. The van der Waals surface area contributed by atoms with E-state index >= 15 is 0 Å². The maximum absolute atomic E-state index is 13.1. The summed E-state index contributed by atoms with van der Waals surface area (Å²) in [6.45, 7) is 0.440. The SMILES string of the molecule is COc1ccc(S(=O)(=O)N2CSCC2Cn2cnc3cnc(N)nc32)cc1. The lowest BCUT2D eigenvalue weighted by atomic mass is 10.3. The van der Waals surface area contributed by atoms with Crippen LogP contribution < -0.4 is 10.5 Å². The van der Waals surface area contributed by atoms with E-state index < -0.39 is 10.0 Å². The molecule has 1 aliphatic heterocycles. The number of imidazole rings is 1. The second-order valence-electron chi connectivity index (χ2n) is 6.06. The zero-order chi connectivity index (χ0) is 19.0. The zero-order valence-corrected chi connectivity index (χ0v) is 16.2. The Balaban J connectivity index is 1.62. The summed E-state index contributed by atoms with van der Waals surface area (Å²) in [5.74, 6) is 1.87. The topological polar surface area (TPSA) is 116 Å². The van der Waals surface area contributed by atoms with Crippen molar-refractivity contribution in [2.45, 2.75) is 17.5 Å². The van der Waals surface area contributed by atoms with E-state index in [9.17, 15) is 8.42 Å². The van der Waals surface area contributed by atoms with Crippen molar-refractivity contribution < 1.29 is 13.2 Å². The molecule has 1 fully saturated rings. The Kier molecular flexibility index (Phi) is 4.66. The highest BCUT2D eigenvalue weighted by atomic mass is 32.2. The fraction of sp³-hybridized carbons (Fsp3) is 0.312. The number of rotatable bonds is 5. The van der Waals surface area contributed by atoms with Gasteiger partial charge in [-0.2, -0.15) is 9.29 Å². The van der Waals surface area contributed by atoms with Gasteiger partial charge in [-0.1, -0.05) is 0 Å². The number of nitrogen functional groups attached to an aromatic ring is 1. The van der Waals surface area contributed by atoms with Crippen molar-refractivity contribution in [1.82, 2.24) is 23.8 Å². The van der Waals surface area contributed by atoms with E-state index in [4.69, 9.17) is 10.5 Å². The molecule has 0 radical (unpaired) electrons. The Morgan fingerprint density at radius 3 is 2.81 bits per heavy atom. The van der Waals surface area contributed by atoms with Crippen LogP contribution in [-0.2, 0) is 16.6 Å². The summed E-state index contributed by atoms with van der Waals surface area (Å²) in [6.07, 6.45) is 3.20. The molecule has 9 nitrogen and oxygen atoms in total. The minimum absolute atomic E-state index is 0.160. The fourth-order valence-electron chi connectivity index (χ4n) is 2.99. The minimum Gasteiger partial charge on any atom is -0.497 e. The van der Waals surface area contributed by atoms with Gasteiger partial charge in [0.25, 0.3) is 0 Å². The van der Waals surface area contributed by atoms with Gasteiger partial charge in [-0.15, -0.1) is 11.8 Å². The Morgan fingerprint density at radius 2 is 2.07 bits per heavy atom. The summed E-state index contributed by atoms with van der Waals surface area (Å²) in [6, 6.07) is 6.21. The first-order valence-corrected chi connectivity index (χ1v) is 10.8. The number of anilines is 1. The number of benzene rings is 1. The van der Waals surface area contributed by atoms with Crippen molar-refractivity contribution in [1.29, 1.82) is 0 Å². The van der Waals surface area contributed by atoms with Crippen LogP contribution in [0.15, 0.2) is 41.7 Å². The number of aromatic nitrogens is 4. The predicted octanol–water partition coefficient (Wildman–Crippen LogP) is 1.18. The van der Waals surface area contributed by atoms with Gasteiger partial charge in [0.2, 0.25) is 16.0 Å². The van der Waals surface area contributed by atoms with Crippen LogP contribution in [0.25, 0.3) is 11.2 Å². The molecule has 11 heteroatoms. The standard InChI is InChI=1S/C16H18N6O3S2/c1-25-12-2-4-13(5-3-12)27(23,24)22-10-26-8-11(22)7-21-9-19-14-6-18-16(17)20-15(14)21/h2-6,9,11H,7-8,10H2,1H3,(H2,17,18,20).